The molecule has 0 radical (unpaired) electrons. The van der Waals surface area contributed by atoms with Gasteiger partial charge in [-0.2, -0.15) is 0 Å². The molecule has 0 aliphatic heterocycles. The highest BCUT2D eigenvalue weighted by molar-refractivity contribution is 7.92. The van der Waals surface area contributed by atoms with Gasteiger partial charge in [-0.15, -0.1) is 11.3 Å². The van der Waals surface area contributed by atoms with E-state index in [1.165, 1.54) is 11.3 Å². The number of nitrogens with zero attached hydrogens (tertiary/aromatic N) is 1. The fraction of sp³-hybridized carbons (Fsp3) is 0.0833. The monoisotopic (exact) mass is 463 g/mol. The largest absolute Gasteiger partial charge is 0.298 e. The van der Waals surface area contributed by atoms with Crippen molar-refractivity contribution in [2.45, 2.75) is 18.7 Å². The molecule has 6 nitrogen and oxygen atoms in total. The molecule has 0 saturated carbocycles. The zero-order chi connectivity index (χ0) is 22.7. The molecule has 1 amide bonds. The third kappa shape index (κ3) is 4.87. The SMILES string of the molecule is Cc1ccc(C)c(S(=O)(=O)Nc2ccc(C(=O)Nc3nc(-c4ccccc4)cs3)cc2)c1. The van der Waals surface area contributed by atoms with Crippen LogP contribution in [0.15, 0.2) is 83.1 Å². The average molecular weight is 464 g/mol. The van der Waals surface area contributed by atoms with Crippen molar-refractivity contribution in [3.63, 3.8) is 0 Å². The van der Waals surface area contributed by atoms with E-state index in [0.29, 0.717) is 21.9 Å². The first-order valence-electron chi connectivity index (χ1n) is 9.84. The highest BCUT2D eigenvalue weighted by Gasteiger charge is 2.17. The first-order chi connectivity index (χ1) is 15.3. The lowest BCUT2D eigenvalue weighted by Crippen LogP contribution is -2.15. The molecule has 0 unspecified atom stereocenters. The first kappa shape index (κ1) is 21.7. The molecule has 4 rings (SSSR count). The standard InChI is InChI=1S/C24H21N3O3S2/c1-16-8-9-17(2)22(14-16)32(29,30)27-20-12-10-19(11-13-20)23(28)26-24-25-21(15-31-24)18-6-4-3-5-7-18/h3-15,27H,1-2H3,(H,25,26,28). The van der Waals surface area contributed by atoms with Crippen LogP contribution in [-0.2, 0) is 10.0 Å². The molecule has 32 heavy (non-hydrogen) atoms. The van der Waals surface area contributed by atoms with E-state index < -0.39 is 10.0 Å². The smallest absolute Gasteiger partial charge is 0.262 e. The van der Waals surface area contributed by atoms with E-state index in [9.17, 15) is 13.2 Å². The zero-order valence-corrected chi connectivity index (χ0v) is 19.1. The topological polar surface area (TPSA) is 88.2 Å². The molecular formula is C24H21N3O3S2. The van der Waals surface area contributed by atoms with E-state index in [2.05, 4.69) is 15.0 Å². The van der Waals surface area contributed by atoms with Gasteiger partial charge in [0.2, 0.25) is 0 Å². The minimum atomic E-state index is -3.73. The Balaban J connectivity index is 1.45. The predicted octanol–water partition coefficient (Wildman–Crippen LogP) is 5.48. The molecule has 1 aromatic heterocycles. The molecule has 0 spiro atoms. The average Bonchev–Trinajstić information content (AvgIpc) is 3.24. The Hall–Kier alpha value is -3.49. The summed E-state index contributed by atoms with van der Waals surface area (Å²) >= 11 is 1.34. The summed E-state index contributed by atoms with van der Waals surface area (Å²) in [5, 5.41) is 5.16. The van der Waals surface area contributed by atoms with Crippen LogP contribution in [0.1, 0.15) is 21.5 Å². The summed E-state index contributed by atoms with van der Waals surface area (Å²) in [5.41, 5.74) is 4.07. The second kappa shape index (κ2) is 8.94. The Morgan fingerprint density at radius 3 is 2.38 bits per heavy atom. The number of nitrogens with one attached hydrogen (secondary N) is 2. The van der Waals surface area contributed by atoms with Crippen LogP contribution in [0.2, 0.25) is 0 Å². The maximum Gasteiger partial charge on any atom is 0.262 e. The van der Waals surface area contributed by atoms with Crippen molar-refractivity contribution in [3.05, 3.63) is 94.9 Å². The summed E-state index contributed by atoms with van der Waals surface area (Å²) < 4.78 is 28.1. The van der Waals surface area contributed by atoms with Crippen LogP contribution in [0.5, 0.6) is 0 Å². The molecule has 0 saturated heterocycles. The van der Waals surface area contributed by atoms with Gasteiger partial charge in [-0.3, -0.25) is 14.8 Å². The van der Waals surface area contributed by atoms with E-state index in [4.69, 9.17) is 0 Å². The van der Waals surface area contributed by atoms with Gasteiger partial charge in [-0.1, -0.05) is 42.5 Å². The van der Waals surface area contributed by atoms with Gasteiger partial charge in [-0.05, 0) is 55.3 Å². The maximum atomic E-state index is 12.8. The number of rotatable bonds is 6. The van der Waals surface area contributed by atoms with Crippen LogP contribution in [0.3, 0.4) is 0 Å². The molecule has 2 N–H and O–H groups in total. The number of anilines is 2. The van der Waals surface area contributed by atoms with Crippen molar-refractivity contribution in [3.8, 4) is 11.3 Å². The second-order valence-electron chi connectivity index (χ2n) is 7.31. The van der Waals surface area contributed by atoms with Gasteiger partial charge in [0.05, 0.1) is 10.6 Å². The Bertz CT molecular complexity index is 1360. The predicted molar refractivity (Wildman–Crippen MR) is 129 cm³/mol. The Morgan fingerprint density at radius 1 is 0.938 bits per heavy atom. The fourth-order valence-electron chi connectivity index (χ4n) is 3.14. The summed E-state index contributed by atoms with van der Waals surface area (Å²) in [6.07, 6.45) is 0. The van der Waals surface area contributed by atoms with Gasteiger partial charge in [-0.25, -0.2) is 13.4 Å². The summed E-state index contributed by atoms with van der Waals surface area (Å²) in [6, 6.07) is 21.3. The van der Waals surface area contributed by atoms with Crippen molar-refractivity contribution >= 4 is 38.1 Å². The molecule has 0 aliphatic rings. The highest BCUT2D eigenvalue weighted by atomic mass is 32.2. The van der Waals surface area contributed by atoms with Crippen LogP contribution < -0.4 is 10.0 Å². The number of hydrogen-bond donors (Lipinski definition) is 2. The lowest BCUT2D eigenvalue weighted by atomic mass is 10.2. The number of thiazole rings is 1. The van der Waals surface area contributed by atoms with Crippen LogP contribution >= 0.6 is 11.3 Å². The number of carbonyl (C=O) groups is 1. The molecular weight excluding hydrogens is 442 g/mol. The third-order valence-corrected chi connectivity index (χ3v) is 7.11. The summed E-state index contributed by atoms with van der Waals surface area (Å²) in [5.74, 6) is -0.317. The van der Waals surface area contributed by atoms with Gasteiger partial charge < -0.3 is 0 Å². The van der Waals surface area contributed by atoms with Crippen LogP contribution in [0.4, 0.5) is 10.8 Å². The number of sulfonamides is 1. The van der Waals surface area contributed by atoms with Crippen LogP contribution in [0, 0.1) is 13.8 Å². The van der Waals surface area contributed by atoms with Gasteiger partial charge >= 0.3 is 0 Å². The minimum absolute atomic E-state index is 0.234. The van der Waals surface area contributed by atoms with Crippen LogP contribution in [0.25, 0.3) is 11.3 Å². The Kier molecular flexibility index (Phi) is 6.07. The van der Waals surface area contributed by atoms with E-state index in [1.54, 1.807) is 43.3 Å². The molecule has 0 aliphatic carbocycles. The lowest BCUT2D eigenvalue weighted by Gasteiger charge is -2.11. The lowest BCUT2D eigenvalue weighted by molar-refractivity contribution is 0.102. The first-order valence-corrected chi connectivity index (χ1v) is 12.2. The van der Waals surface area contributed by atoms with Crippen molar-refractivity contribution in [1.82, 2.24) is 4.98 Å². The number of aromatic nitrogens is 1. The van der Waals surface area contributed by atoms with Gasteiger partial charge in [0.25, 0.3) is 15.9 Å². The maximum absolute atomic E-state index is 12.8. The van der Waals surface area contributed by atoms with E-state index in [-0.39, 0.29) is 10.8 Å². The zero-order valence-electron chi connectivity index (χ0n) is 17.5. The van der Waals surface area contributed by atoms with Crippen LogP contribution in [-0.4, -0.2) is 19.3 Å². The summed E-state index contributed by atoms with van der Waals surface area (Å²) in [4.78, 5) is 17.3. The van der Waals surface area contributed by atoms with Gasteiger partial charge in [0, 0.05) is 22.2 Å². The normalized spacial score (nSPS) is 11.2. The fourth-order valence-corrected chi connectivity index (χ4v) is 5.24. The summed E-state index contributed by atoms with van der Waals surface area (Å²) in [6.45, 7) is 3.60. The molecule has 1 heterocycles. The Labute approximate surface area is 191 Å². The van der Waals surface area contributed by atoms with E-state index >= 15 is 0 Å². The van der Waals surface area contributed by atoms with Crippen molar-refractivity contribution in [2.24, 2.45) is 0 Å². The highest BCUT2D eigenvalue weighted by Crippen LogP contribution is 2.25. The number of benzene rings is 3. The molecule has 0 bridgehead atoms. The molecule has 0 fully saturated rings. The number of aryl methyl sites for hydroxylation is 2. The van der Waals surface area contributed by atoms with Gasteiger partial charge in [0.1, 0.15) is 0 Å². The second-order valence-corrected chi connectivity index (χ2v) is 9.82. The van der Waals surface area contributed by atoms with Gasteiger partial charge in [0.15, 0.2) is 5.13 Å². The quantitative estimate of drug-likeness (QED) is 0.396. The number of carbonyl (C=O) groups excluding carboxylic acids is 1. The molecule has 162 valence electrons. The van der Waals surface area contributed by atoms with Crippen molar-refractivity contribution < 1.29 is 13.2 Å². The van der Waals surface area contributed by atoms with E-state index in [0.717, 1.165) is 16.8 Å². The minimum Gasteiger partial charge on any atom is -0.298 e. The molecule has 0 atom stereocenters. The molecule has 3 aromatic carbocycles. The van der Waals surface area contributed by atoms with Crippen molar-refractivity contribution in [1.29, 1.82) is 0 Å². The number of amides is 1. The van der Waals surface area contributed by atoms with E-state index in [1.807, 2.05) is 48.7 Å². The third-order valence-electron chi connectivity index (χ3n) is 4.83. The number of hydrogen-bond acceptors (Lipinski definition) is 5. The molecule has 8 heteroatoms. The Morgan fingerprint density at radius 2 is 1.66 bits per heavy atom. The summed E-state index contributed by atoms with van der Waals surface area (Å²) in [7, 11) is -3.73. The van der Waals surface area contributed by atoms with Crippen molar-refractivity contribution in [2.75, 3.05) is 10.0 Å². The molecule has 4 aromatic rings.